The Labute approximate surface area is 152 Å². The summed E-state index contributed by atoms with van der Waals surface area (Å²) < 4.78 is 29.3. The molecule has 0 bridgehead atoms. The molecule has 0 aromatic heterocycles. The smallest absolute Gasteiger partial charge is 0.239 e. The summed E-state index contributed by atoms with van der Waals surface area (Å²) in [6.07, 6.45) is 0.433. The van der Waals surface area contributed by atoms with Crippen LogP contribution in [0.15, 0.2) is 36.4 Å². The normalized spacial score (nSPS) is 10.2. The fraction of sp³-hybridized carbons (Fsp3) is 0.316. The molecule has 0 unspecified atom stereocenters. The van der Waals surface area contributed by atoms with Crippen LogP contribution >= 0.6 is 0 Å². The lowest BCUT2D eigenvalue weighted by molar-refractivity contribution is -0.119. The lowest BCUT2D eigenvalue weighted by Crippen LogP contribution is -2.31. The molecule has 0 aliphatic carbocycles. The zero-order chi connectivity index (χ0) is 18.9. The van der Waals surface area contributed by atoms with Crippen LogP contribution in [0.3, 0.4) is 0 Å². The number of halogens is 1. The maximum atomic E-state index is 13.5. The maximum absolute atomic E-state index is 13.5. The number of nitrogens with one attached hydrogen (secondary N) is 2. The lowest BCUT2D eigenvalue weighted by atomic mass is 10.1. The monoisotopic (exact) mass is 362 g/mol. The van der Waals surface area contributed by atoms with Gasteiger partial charge in [-0.25, -0.2) is 4.39 Å². The SMILES string of the molecule is COc1cc(NCC(=O)NCCc2ccccc2F)cc(OC)c1OC. The van der Waals surface area contributed by atoms with E-state index in [4.69, 9.17) is 14.2 Å². The molecule has 0 aliphatic rings. The number of benzene rings is 2. The van der Waals surface area contributed by atoms with Crippen LogP contribution in [-0.2, 0) is 11.2 Å². The van der Waals surface area contributed by atoms with Gasteiger partial charge in [0.15, 0.2) is 11.5 Å². The Hall–Kier alpha value is -2.96. The number of amides is 1. The molecule has 2 aromatic rings. The fourth-order valence-electron chi connectivity index (χ4n) is 2.47. The second kappa shape index (κ2) is 9.50. The highest BCUT2D eigenvalue weighted by atomic mass is 19.1. The van der Waals surface area contributed by atoms with Crippen molar-refractivity contribution in [2.75, 3.05) is 39.7 Å². The minimum atomic E-state index is -0.266. The van der Waals surface area contributed by atoms with Crippen LogP contribution < -0.4 is 24.8 Å². The second-order valence-corrected chi connectivity index (χ2v) is 5.46. The lowest BCUT2D eigenvalue weighted by Gasteiger charge is -2.15. The molecule has 0 spiro atoms. The molecule has 1 amide bonds. The molecule has 0 atom stereocenters. The number of methoxy groups -OCH3 is 3. The van der Waals surface area contributed by atoms with Crippen LogP contribution in [-0.4, -0.2) is 40.3 Å². The molecule has 0 saturated carbocycles. The summed E-state index contributed by atoms with van der Waals surface area (Å²) in [5.74, 6) is 1.01. The standard InChI is InChI=1S/C19H23FN2O4/c1-24-16-10-14(11-17(25-2)19(16)26-3)22-12-18(23)21-9-8-13-6-4-5-7-15(13)20/h4-7,10-11,22H,8-9,12H2,1-3H3,(H,21,23). The van der Waals surface area contributed by atoms with Gasteiger partial charge >= 0.3 is 0 Å². The van der Waals surface area contributed by atoms with E-state index < -0.39 is 0 Å². The number of anilines is 1. The van der Waals surface area contributed by atoms with E-state index in [2.05, 4.69) is 10.6 Å². The first-order chi connectivity index (χ1) is 12.6. The first-order valence-corrected chi connectivity index (χ1v) is 8.13. The molecule has 0 aliphatic heterocycles. The third-order valence-corrected chi connectivity index (χ3v) is 3.79. The van der Waals surface area contributed by atoms with Crippen molar-refractivity contribution in [1.29, 1.82) is 0 Å². The number of rotatable bonds is 9. The quantitative estimate of drug-likeness (QED) is 0.718. The number of carbonyl (C=O) groups is 1. The van der Waals surface area contributed by atoms with Crippen molar-refractivity contribution in [2.24, 2.45) is 0 Å². The molecule has 140 valence electrons. The van der Waals surface area contributed by atoms with Crippen LogP contribution in [0.4, 0.5) is 10.1 Å². The Morgan fingerprint density at radius 1 is 1.04 bits per heavy atom. The van der Waals surface area contributed by atoms with Crippen LogP contribution in [0, 0.1) is 5.82 Å². The van der Waals surface area contributed by atoms with E-state index in [1.807, 2.05) is 0 Å². The van der Waals surface area contributed by atoms with Crippen molar-refractivity contribution in [2.45, 2.75) is 6.42 Å². The van der Waals surface area contributed by atoms with Gasteiger partial charge in [-0.3, -0.25) is 4.79 Å². The van der Waals surface area contributed by atoms with Gasteiger partial charge in [-0.15, -0.1) is 0 Å². The van der Waals surface area contributed by atoms with Gasteiger partial charge in [-0.1, -0.05) is 18.2 Å². The highest BCUT2D eigenvalue weighted by Crippen LogP contribution is 2.39. The Kier molecular flexibility index (Phi) is 7.08. The topological polar surface area (TPSA) is 68.8 Å². The molecule has 2 aromatic carbocycles. The molecular formula is C19H23FN2O4. The highest BCUT2D eigenvalue weighted by Gasteiger charge is 2.13. The molecule has 0 fully saturated rings. The van der Waals surface area contributed by atoms with Gasteiger partial charge in [-0.2, -0.15) is 0 Å². The number of hydrogen-bond donors (Lipinski definition) is 2. The van der Waals surface area contributed by atoms with Gasteiger partial charge in [0.25, 0.3) is 0 Å². The molecule has 7 heteroatoms. The van der Waals surface area contributed by atoms with Crippen molar-refractivity contribution in [3.63, 3.8) is 0 Å². The molecule has 2 rings (SSSR count). The van der Waals surface area contributed by atoms with Gasteiger partial charge < -0.3 is 24.8 Å². The van der Waals surface area contributed by atoms with Crippen molar-refractivity contribution in [1.82, 2.24) is 5.32 Å². The minimum absolute atomic E-state index is 0.0654. The molecule has 26 heavy (non-hydrogen) atoms. The molecule has 0 radical (unpaired) electrons. The Balaban J connectivity index is 1.88. The zero-order valence-electron chi connectivity index (χ0n) is 15.1. The first kappa shape index (κ1) is 19.4. The number of hydrogen-bond acceptors (Lipinski definition) is 5. The maximum Gasteiger partial charge on any atom is 0.239 e. The van der Waals surface area contributed by atoms with Gasteiger partial charge in [0.05, 0.1) is 27.9 Å². The first-order valence-electron chi connectivity index (χ1n) is 8.13. The van der Waals surface area contributed by atoms with Crippen LogP contribution in [0.2, 0.25) is 0 Å². The molecule has 0 heterocycles. The van der Waals surface area contributed by atoms with E-state index in [-0.39, 0.29) is 18.3 Å². The van der Waals surface area contributed by atoms with E-state index in [1.54, 1.807) is 30.3 Å². The third-order valence-electron chi connectivity index (χ3n) is 3.79. The summed E-state index contributed by atoms with van der Waals surface area (Å²) in [5, 5.41) is 5.76. The molecule has 6 nitrogen and oxygen atoms in total. The number of carbonyl (C=O) groups excluding carboxylic acids is 1. The average Bonchev–Trinajstić information content (AvgIpc) is 2.66. The van der Waals surface area contributed by atoms with E-state index in [1.165, 1.54) is 27.4 Å². The van der Waals surface area contributed by atoms with Crippen molar-refractivity contribution >= 4 is 11.6 Å². The van der Waals surface area contributed by atoms with Crippen molar-refractivity contribution < 1.29 is 23.4 Å². The highest BCUT2D eigenvalue weighted by molar-refractivity contribution is 5.81. The van der Waals surface area contributed by atoms with Gasteiger partial charge in [0.1, 0.15) is 5.82 Å². The van der Waals surface area contributed by atoms with Crippen molar-refractivity contribution in [3.05, 3.63) is 47.8 Å². The summed E-state index contributed by atoms with van der Waals surface area (Å²) in [6, 6.07) is 9.95. The van der Waals surface area contributed by atoms with Gasteiger partial charge in [0.2, 0.25) is 11.7 Å². The predicted octanol–water partition coefficient (Wildman–Crippen LogP) is 2.62. The summed E-state index contributed by atoms with van der Waals surface area (Å²) in [5.41, 5.74) is 1.23. The third kappa shape index (κ3) is 5.02. The fourth-order valence-corrected chi connectivity index (χ4v) is 2.47. The average molecular weight is 362 g/mol. The minimum Gasteiger partial charge on any atom is -0.493 e. The van der Waals surface area contributed by atoms with Crippen LogP contribution in [0.25, 0.3) is 0 Å². The van der Waals surface area contributed by atoms with Crippen LogP contribution in [0.5, 0.6) is 17.2 Å². The summed E-state index contributed by atoms with van der Waals surface area (Å²) in [7, 11) is 4.57. The molecule has 0 saturated heterocycles. The Morgan fingerprint density at radius 2 is 1.69 bits per heavy atom. The van der Waals surface area contributed by atoms with E-state index in [9.17, 15) is 9.18 Å². The van der Waals surface area contributed by atoms with E-state index in [0.717, 1.165) is 0 Å². The molecule has 2 N–H and O–H groups in total. The Bertz CT molecular complexity index is 727. The summed E-state index contributed by atoms with van der Waals surface area (Å²) in [4.78, 5) is 12.0. The largest absolute Gasteiger partial charge is 0.493 e. The number of ether oxygens (including phenoxy) is 3. The van der Waals surface area contributed by atoms with E-state index in [0.29, 0.717) is 41.5 Å². The molecular weight excluding hydrogens is 339 g/mol. The van der Waals surface area contributed by atoms with Crippen LogP contribution in [0.1, 0.15) is 5.56 Å². The van der Waals surface area contributed by atoms with Gasteiger partial charge in [-0.05, 0) is 18.1 Å². The second-order valence-electron chi connectivity index (χ2n) is 5.46. The van der Waals surface area contributed by atoms with E-state index >= 15 is 0 Å². The van der Waals surface area contributed by atoms with Gasteiger partial charge in [0, 0.05) is 24.4 Å². The summed E-state index contributed by atoms with van der Waals surface area (Å²) in [6.45, 7) is 0.423. The zero-order valence-corrected chi connectivity index (χ0v) is 15.1. The Morgan fingerprint density at radius 3 is 2.27 bits per heavy atom. The summed E-state index contributed by atoms with van der Waals surface area (Å²) >= 11 is 0. The predicted molar refractivity (Wildman–Crippen MR) is 97.7 cm³/mol. The van der Waals surface area contributed by atoms with Crippen molar-refractivity contribution in [3.8, 4) is 17.2 Å².